The molecule has 0 radical (unpaired) electrons. The van der Waals surface area contributed by atoms with E-state index in [2.05, 4.69) is 25.2 Å². The van der Waals surface area contributed by atoms with Crippen molar-refractivity contribution in [2.45, 2.75) is 17.9 Å². The summed E-state index contributed by atoms with van der Waals surface area (Å²) in [6.07, 6.45) is 1.75. The molecule has 0 unspecified atom stereocenters. The number of sulfonamides is 1. The summed E-state index contributed by atoms with van der Waals surface area (Å²) in [5.74, 6) is 0.151. The highest BCUT2D eigenvalue weighted by atomic mass is 32.2. The zero-order valence-electron chi connectivity index (χ0n) is 11.4. The number of aromatic amines is 1. The second-order valence-corrected chi connectivity index (χ2v) is 6.13. The molecule has 7 nitrogen and oxygen atoms in total. The standard InChI is InChI=1S/C12H16FN5O2S/c1-14-7-9-6-10(2-3-11(9)13)21(19,20)17-5-4-12-15-8-16-18-12/h2-3,6,8,14,17H,4-5,7H2,1H3,(H,15,16,18). The van der Waals surface area contributed by atoms with Crippen LogP contribution in [0.2, 0.25) is 0 Å². The van der Waals surface area contributed by atoms with Crippen LogP contribution in [0, 0.1) is 5.82 Å². The van der Waals surface area contributed by atoms with Gasteiger partial charge in [0.1, 0.15) is 18.0 Å². The lowest BCUT2D eigenvalue weighted by Crippen LogP contribution is -2.26. The maximum atomic E-state index is 13.5. The summed E-state index contributed by atoms with van der Waals surface area (Å²) in [6, 6.07) is 3.71. The molecule has 0 saturated carbocycles. The average molecular weight is 313 g/mol. The second-order valence-electron chi connectivity index (χ2n) is 4.36. The van der Waals surface area contributed by atoms with Crippen molar-refractivity contribution in [3.8, 4) is 0 Å². The molecule has 3 N–H and O–H groups in total. The quantitative estimate of drug-likeness (QED) is 0.677. The molecule has 0 aliphatic carbocycles. The fraction of sp³-hybridized carbons (Fsp3) is 0.333. The lowest BCUT2D eigenvalue weighted by molar-refractivity contribution is 0.577. The maximum Gasteiger partial charge on any atom is 0.240 e. The van der Waals surface area contributed by atoms with Crippen LogP contribution < -0.4 is 10.0 Å². The van der Waals surface area contributed by atoms with E-state index < -0.39 is 15.8 Å². The van der Waals surface area contributed by atoms with Crippen LogP contribution in [-0.2, 0) is 23.0 Å². The van der Waals surface area contributed by atoms with Crippen LogP contribution in [0.1, 0.15) is 11.4 Å². The van der Waals surface area contributed by atoms with Crippen molar-refractivity contribution >= 4 is 10.0 Å². The van der Waals surface area contributed by atoms with Gasteiger partial charge in [0.05, 0.1) is 4.90 Å². The minimum Gasteiger partial charge on any atom is -0.316 e. The van der Waals surface area contributed by atoms with Crippen molar-refractivity contribution in [3.05, 3.63) is 41.7 Å². The fourth-order valence-corrected chi connectivity index (χ4v) is 2.86. The Morgan fingerprint density at radius 2 is 2.19 bits per heavy atom. The lowest BCUT2D eigenvalue weighted by atomic mass is 10.2. The van der Waals surface area contributed by atoms with E-state index in [1.165, 1.54) is 18.5 Å². The Morgan fingerprint density at radius 3 is 2.86 bits per heavy atom. The number of halogens is 1. The predicted octanol–water partition coefficient (Wildman–Crippen LogP) is 0.184. The molecule has 0 fully saturated rings. The van der Waals surface area contributed by atoms with Gasteiger partial charge in [0.15, 0.2) is 0 Å². The minimum atomic E-state index is -3.68. The molecule has 0 atom stereocenters. The van der Waals surface area contributed by atoms with Crippen LogP contribution in [-0.4, -0.2) is 37.2 Å². The topological polar surface area (TPSA) is 99.8 Å². The third kappa shape index (κ3) is 4.06. The van der Waals surface area contributed by atoms with Crippen LogP contribution in [0.5, 0.6) is 0 Å². The third-order valence-electron chi connectivity index (χ3n) is 2.81. The Hall–Kier alpha value is -1.84. The Kier molecular flexibility index (Phi) is 4.99. The number of benzene rings is 1. The highest BCUT2D eigenvalue weighted by molar-refractivity contribution is 7.89. The number of hydrogen-bond donors (Lipinski definition) is 3. The van der Waals surface area contributed by atoms with Crippen molar-refractivity contribution in [1.82, 2.24) is 25.2 Å². The first-order valence-corrected chi connectivity index (χ1v) is 7.78. The van der Waals surface area contributed by atoms with Crippen molar-refractivity contribution in [2.24, 2.45) is 0 Å². The minimum absolute atomic E-state index is 0.0340. The third-order valence-corrected chi connectivity index (χ3v) is 4.27. The zero-order valence-corrected chi connectivity index (χ0v) is 12.2. The van der Waals surface area contributed by atoms with Crippen LogP contribution in [0.3, 0.4) is 0 Å². The molecule has 1 heterocycles. The Balaban J connectivity index is 2.06. The second kappa shape index (κ2) is 6.74. The van der Waals surface area contributed by atoms with Crippen LogP contribution in [0.4, 0.5) is 4.39 Å². The number of aromatic nitrogens is 3. The molecule has 2 aromatic rings. The molecule has 21 heavy (non-hydrogen) atoms. The van der Waals surface area contributed by atoms with Gasteiger partial charge in [0.25, 0.3) is 0 Å². The SMILES string of the molecule is CNCc1cc(S(=O)(=O)NCCc2ncn[nH]2)ccc1F. The summed E-state index contributed by atoms with van der Waals surface area (Å²) in [4.78, 5) is 3.93. The molecule has 0 aliphatic heterocycles. The van der Waals surface area contributed by atoms with Crippen molar-refractivity contribution in [1.29, 1.82) is 0 Å². The van der Waals surface area contributed by atoms with E-state index in [9.17, 15) is 12.8 Å². The molecular formula is C12H16FN5O2S. The van der Waals surface area contributed by atoms with E-state index in [1.54, 1.807) is 7.05 Å². The smallest absolute Gasteiger partial charge is 0.240 e. The molecule has 0 saturated heterocycles. The lowest BCUT2D eigenvalue weighted by Gasteiger charge is -2.08. The first-order chi connectivity index (χ1) is 10.0. The molecular weight excluding hydrogens is 297 g/mol. The first-order valence-electron chi connectivity index (χ1n) is 6.30. The number of nitrogens with zero attached hydrogens (tertiary/aromatic N) is 2. The Bertz CT molecular complexity index is 688. The summed E-state index contributed by atoms with van der Waals surface area (Å²) < 4.78 is 40.2. The normalized spacial score (nSPS) is 11.7. The van der Waals surface area contributed by atoms with Crippen molar-refractivity contribution in [3.63, 3.8) is 0 Å². The van der Waals surface area contributed by atoms with Gasteiger partial charge in [-0.05, 0) is 25.2 Å². The van der Waals surface area contributed by atoms with Gasteiger partial charge in [-0.3, -0.25) is 5.10 Å². The van der Waals surface area contributed by atoms with Gasteiger partial charge >= 0.3 is 0 Å². The van der Waals surface area contributed by atoms with Crippen LogP contribution >= 0.6 is 0 Å². The summed E-state index contributed by atoms with van der Waals surface area (Å²) in [5, 5.41) is 9.11. The van der Waals surface area contributed by atoms with Gasteiger partial charge in [-0.2, -0.15) is 5.10 Å². The van der Waals surface area contributed by atoms with Gasteiger partial charge in [-0.25, -0.2) is 22.5 Å². The summed E-state index contributed by atoms with van der Waals surface area (Å²) in [7, 11) is -2.01. The highest BCUT2D eigenvalue weighted by Gasteiger charge is 2.15. The van der Waals surface area contributed by atoms with E-state index in [-0.39, 0.29) is 18.0 Å². The van der Waals surface area contributed by atoms with E-state index in [0.29, 0.717) is 17.8 Å². The molecule has 0 spiro atoms. The molecule has 0 aliphatic rings. The highest BCUT2D eigenvalue weighted by Crippen LogP contribution is 2.15. The van der Waals surface area contributed by atoms with Gasteiger partial charge in [-0.15, -0.1) is 0 Å². The monoisotopic (exact) mass is 313 g/mol. The number of nitrogens with one attached hydrogen (secondary N) is 3. The number of H-pyrrole nitrogens is 1. The molecule has 114 valence electrons. The molecule has 2 rings (SSSR count). The van der Waals surface area contributed by atoms with Gasteiger partial charge < -0.3 is 5.32 Å². The van der Waals surface area contributed by atoms with Crippen LogP contribution in [0.15, 0.2) is 29.4 Å². The summed E-state index contributed by atoms with van der Waals surface area (Å²) in [5.41, 5.74) is 0.301. The van der Waals surface area contributed by atoms with E-state index in [1.807, 2.05) is 0 Å². The fourth-order valence-electron chi connectivity index (χ4n) is 1.78. The van der Waals surface area contributed by atoms with E-state index >= 15 is 0 Å². The predicted molar refractivity (Wildman–Crippen MR) is 74.4 cm³/mol. The van der Waals surface area contributed by atoms with Gasteiger partial charge in [0, 0.05) is 25.1 Å². The Labute approximate surface area is 122 Å². The molecule has 0 bridgehead atoms. The molecule has 9 heteroatoms. The summed E-state index contributed by atoms with van der Waals surface area (Å²) >= 11 is 0. The largest absolute Gasteiger partial charge is 0.316 e. The van der Waals surface area contributed by atoms with Gasteiger partial charge in [0.2, 0.25) is 10.0 Å². The molecule has 1 aromatic heterocycles. The van der Waals surface area contributed by atoms with E-state index in [4.69, 9.17) is 0 Å². The number of rotatable bonds is 7. The van der Waals surface area contributed by atoms with E-state index in [0.717, 1.165) is 6.07 Å². The number of hydrogen-bond acceptors (Lipinski definition) is 5. The summed E-state index contributed by atoms with van der Waals surface area (Å²) in [6.45, 7) is 0.434. The van der Waals surface area contributed by atoms with Crippen molar-refractivity contribution < 1.29 is 12.8 Å². The van der Waals surface area contributed by atoms with Crippen LogP contribution in [0.25, 0.3) is 0 Å². The van der Waals surface area contributed by atoms with Crippen molar-refractivity contribution in [2.75, 3.05) is 13.6 Å². The first kappa shape index (κ1) is 15.5. The maximum absolute atomic E-state index is 13.5. The Morgan fingerprint density at radius 1 is 1.38 bits per heavy atom. The zero-order chi connectivity index (χ0) is 15.3. The average Bonchev–Trinajstić information content (AvgIpc) is 2.94. The molecule has 0 amide bonds. The van der Waals surface area contributed by atoms with Gasteiger partial charge in [-0.1, -0.05) is 0 Å². The molecule has 1 aromatic carbocycles.